The number of aromatic nitrogens is 2. The van der Waals surface area contributed by atoms with Gasteiger partial charge in [0.25, 0.3) is 5.56 Å². The first-order chi connectivity index (χ1) is 13.2. The summed E-state index contributed by atoms with van der Waals surface area (Å²) in [7, 11) is 0.835. The van der Waals surface area contributed by atoms with E-state index in [0.717, 1.165) is 39.1 Å². The Labute approximate surface area is 165 Å². The van der Waals surface area contributed by atoms with Crippen molar-refractivity contribution in [2.75, 3.05) is 0 Å². The first-order valence-electron chi connectivity index (χ1n) is 7.83. The van der Waals surface area contributed by atoms with E-state index < -0.39 is 40.7 Å². The van der Waals surface area contributed by atoms with Gasteiger partial charge < -0.3 is 9.84 Å². The molecule has 2 rings (SSSR count). The van der Waals surface area contributed by atoms with Gasteiger partial charge in [-0.2, -0.15) is 13.2 Å². The molecule has 156 valence electrons. The standard InChI is InChI=1S/C17H14ClF3N2O6/c1-16(2,14(26)27)29-13(25)9-6-8(4-5-10(9)18)23-12(24)7-11(17(19,20)21)22(3)15(23)28/h4-7H,1-3H3,(H,26,27). The molecule has 1 N–H and O–H groups in total. The Hall–Kier alpha value is -3.08. The second kappa shape index (κ2) is 7.39. The minimum atomic E-state index is -4.93. The first-order valence-corrected chi connectivity index (χ1v) is 8.21. The van der Waals surface area contributed by atoms with Crippen LogP contribution in [0.25, 0.3) is 5.69 Å². The van der Waals surface area contributed by atoms with Gasteiger partial charge in [-0.15, -0.1) is 0 Å². The molecule has 0 amide bonds. The molecule has 0 bridgehead atoms. The Morgan fingerprint density at radius 3 is 2.24 bits per heavy atom. The van der Waals surface area contributed by atoms with Gasteiger partial charge in [0, 0.05) is 13.1 Å². The third-order valence-corrected chi connectivity index (χ3v) is 4.23. The zero-order valence-electron chi connectivity index (χ0n) is 15.2. The van der Waals surface area contributed by atoms with Crippen molar-refractivity contribution in [2.45, 2.75) is 25.6 Å². The highest BCUT2D eigenvalue weighted by atomic mass is 35.5. The number of ether oxygens (including phenoxy) is 1. The predicted molar refractivity (Wildman–Crippen MR) is 94.4 cm³/mol. The molecule has 0 aliphatic heterocycles. The van der Waals surface area contributed by atoms with Crippen LogP contribution in [0.15, 0.2) is 33.9 Å². The van der Waals surface area contributed by atoms with Crippen molar-refractivity contribution in [3.63, 3.8) is 0 Å². The number of halogens is 4. The predicted octanol–water partition coefficient (Wildman–Crippen LogP) is 2.23. The third kappa shape index (κ3) is 4.34. The number of aliphatic carboxylic acids is 1. The van der Waals surface area contributed by atoms with Crippen molar-refractivity contribution in [2.24, 2.45) is 7.05 Å². The van der Waals surface area contributed by atoms with Gasteiger partial charge in [0.1, 0.15) is 5.69 Å². The van der Waals surface area contributed by atoms with E-state index in [2.05, 4.69) is 0 Å². The van der Waals surface area contributed by atoms with Crippen molar-refractivity contribution in [1.82, 2.24) is 9.13 Å². The minimum Gasteiger partial charge on any atom is -0.478 e. The molecule has 29 heavy (non-hydrogen) atoms. The lowest BCUT2D eigenvalue weighted by atomic mass is 10.1. The summed E-state index contributed by atoms with van der Waals surface area (Å²) < 4.78 is 44.4. The van der Waals surface area contributed by atoms with Crippen molar-refractivity contribution in [3.05, 3.63) is 61.4 Å². The number of carbonyl (C=O) groups is 2. The number of alkyl halides is 3. The summed E-state index contributed by atoms with van der Waals surface area (Å²) >= 11 is 5.92. The van der Waals surface area contributed by atoms with Crippen LogP contribution < -0.4 is 11.2 Å². The van der Waals surface area contributed by atoms with Crippen LogP contribution in [0.5, 0.6) is 0 Å². The second-order valence-corrected chi connectivity index (χ2v) is 6.82. The molecular weight excluding hydrogens is 421 g/mol. The van der Waals surface area contributed by atoms with Crippen LogP contribution in [0.3, 0.4) is 0 Å². The molecule has 0 aliphatic carbocycles. The third-order valence-electron chi connectivity index (χ3n) is 3.90. The average molecular weight is 435 g/mol. The molecule has 0 fully saturated rings. The number of carbonyl (C=O) groups excluding carboxylic acids is 1. The Morgan fingerprint density at radius 1 is 1.14 bits per heavy atom. The highest BCUT2D eigenvalue weighted by molar-refractivity contribution is 6.33. The maximum absolute atomic E-state index is 13.0. The van der Waals surface area contributed by atoms with Crippen molar-refractivity contribution in [1.29, 1.82) is 0 Å². The molecule has 8 nitrogen and oxygen atoms in total. The largest absolute Gasteiger partial charge is 0.478 e. The average Bonchev–Trinajstić information content (AvgIpc) is 2.58. The van der Waals surface area contributed by atoms with Gasteiger partial charge >= 0.3 is 23.8 Å². The minimum absolute atomic E-state index is 0.184. The SMILES string of the molecule is Cn1c(C(F)(F)F)cc(=O)n(-c2ccc(Cl)c(C(=O)OC(C)(C)C(=O)O)c2)c1=O. The zero-order chi connectivity index (χ0) is 22.3. The van der Waals surface area contributed by atoms with Gasteiger partial charge in [0.05, 0.1) is 16.3 Å². The normalized spacial score (nSPS) is 12.0. The molecule has 0 atom stereocenters. The quantitative estimate of drug-likeness (QED) is 0.739. The molecular formula is C17H14ClF3N2O6. The first kappa shape index (κ1) is 22.2. The van der Waals surface area contributed by atoms with E-state index in [-0.39, 0.29) is 26.9 Å². The van der Waals surface area contributed by atoms with Crippen molar-refractivity contribution in [3.8, 4) is 5.69 Å². The van der Waals surface area contributed by atoms with Crippen molar-refractivity contribution < 1.29 is 32.6 Å². The molecule has 0 radical (unpaired) electrons. The van der Waals surface area contributed by atoms with Crippen molar-refractivity contribution >= 4 is 23.5 Å². The number of hydrogen-bond donors (Lipinski definition) is 1. The highest BCUT2D eigenvalue weighted by Gasteiger charge is 2.35. The van der Waals surface area contributed by atoms with Crippen LogP contribution in [0.4, 0.5) is 13.2 Å². The number of carboxylic acid groups (broad SMARTS) is 1. The van der Waals surface area contributed by atoms with E-state index in [9.17, 15) is 32.3 Å². The van der Waals surface area contributed by atoms with Gasteiger partial charge in [-0.1, -0.05) is 11.6 Å². The molecule has 0 spiro atoms. The molecule has 0 saturated heterocycles. The van der Waals surface area contributed by atoms with Gasteiger partial charge in [0.2, 0.25) is 5.60 Å². The fourth-order valence-electron chi connectivity index (χ4n) is 2.27. The highest BCUT2D eigenvalue weighted by Crippen LogP contribution is 2.27. The number of hydrogen-bond acceptors (Lipinski definition) is 5. The molecule has 0 saturated carbocycles. The molecule has 1 heterocycles. The second-order valence-electron chi connectivity index (χ2n) is 6.41. The lowest BCUT2D eigenvalue weighted by Crippen LogP contribution is -2.40. The molecule has 1 aromatic carbocycles. The summed E-state index contributed by atoms with van der Waals surface area (Å²) in [6.45, 7) is 2.22. The lowest BCUT2D eigenvalue weighted by Gasteiger charge is -2.20. The topological polar surface area (TPSA) is 108 Å². The van der Waals surface area contributed by atoms with Crippen LogP contribution in [-0.2, 0) is 22.8 Å². The van der Waals surface area contributed by atoms with E-state index in [1.54, 1.807) is 0 Å². The summed E-state index contributed by atoms with van der Waals surface area (Å²) in [5.41, 5.74) is -6.58. The smallest absolute Gasteiger partial charge is 0.431 e. The monoisotopic (exact) mass is 434 g/mol. The molecule has 12 heteroatoms. The van der Waals surface area contributed by atoms with Crippen LogP contribution in [0.1, 0.15) is 29.9 Å². The fraction of sp³-hybridized carbons (Fsp3) is 0.294. The maximum Gasteiger partial charge on any atom is 0.431 e. The summed E-state index contributed by atoms with van der Waals surface area (Å²) in [6.07, 6.45) is -4.93. The Balaban J connectivity index is 2.63. The van der Waals surface area contributed by atoms with Crippen LogP contribution >= 0.6 is 11.6 Å². The number of carboxylic acids is 1. The van der Waals surface area contributed by atoms with Gasteiger partial charge in [-0.25, -0.2) is 19.0 Å². The number of rotatable bonds is 4. The Kier molecular flexibility index (Phi) is 5.66. The van der Waals surface area contributed by atoms with E-state index >= 15 is 0 Å². The lowest BCUT2D eigenvalue weighted by molar-refractivity contribution is -0.155. The van der Waals surface area contributed by atoms with Gasteiger partial charge in [-0.05, 0) is 32.0 Å². The molecule has 0 aliphatic rings. The number of benzene rings is 1. The number of esters is 1. The molecule has 2 aromatic rings. The van der Waals surface area contributed by atoms with E-state index in [1.165, 1.54) is 0 Å². The van der Waals surface area contributed by atoms with Crippen LogP contribution in [0.2, 0.25) is 5.02 Å². The van der Waals surface area contributed by atoms with Gasteiger partial charge in [-0.3, -0.25) is 9.36 Å². The Morgan fingerprint density at radius 2 is 1.72 bits per heavy atom. The molecule has 0 unspecified atom stereocenters. The number of nitrogens with zero attached hydrogens (tertiary/aromatic N) is 2. The summed E-state index contributed by atoms with van der Waals surface area (Å²) in [4.78, 5) is 47.9. The fourth-order valence-corrected chi connectivity index (χ4v) is 2.47. The van der Waals surface area contributed by atoms with Crippen LogP contribution in [0, 0.1) is 0 Å². The summed E-state index contributed by atoms with van der Waals surface area (Å²) in [6, 6.07) is 3.43. The van der Waals surface area contributed by atoms with Crippen LogP contribution in [-0.4, -0.2) is 31.8 Å². The summed E-state index contributed by atoms with van der Waals surface area (Å²) in [5, 5.41) is 8.86. The van der Waals surface area contributed by atoms with E-state index in [4.69, 9.17) is 21.4 Å². The van der Waals surface area contributed by atoms with E-state index in [1.807, 2.05) is 0 Å². The maximum atomic E-state index is 13.0. The van der Waals surface area contributed by atoms with Gasteiger partial charge in [0.15, 0.2) is 0 Å². The molecule has 1 aromatic heterocycles. The Bertz CT molecular complexity index is 1120. The summed E-state index contributed by atoms with van der Waals surface area (Å²) in [5.74, 6) is -2.60. The zero-order valence-corrected chi connectivity index (χ0v) is 16.0. The van der Waals surface area contributed by atoms with E-state index in [0.29, 0.717) is 4.57 Å².